The van der Waals surface area contributed by atoms with Crippen LogP contribution in [-0.2, 0) is 11.2 Å². The summed E-state index contributed by atoms with van der Waals surface area (Å²) in [6.07, 6.45) is 8.94. The first-order chi connectivity index (χ1) is 9.29. The molecule has 0 heterocycles. The zero-order valence-electron chi connectivity index (χ0n) is 11.8. The maximum atomic E-state index is 6.00. The second kappa shape index (κ2) is 4.34. The van der Waals surface area contributed by atoms with Crippen LogP contribution in [0.5, 0.6) is 0 Å². The Hall–Kier alpha value is -0.820. The molecule has 1 aromatic rings. The lowest BCUT2D eigenvalue weighted by Crippen LogP contribution is -2.57. The maximum absolute atomic E-state index is 6.00. The largest absolute Gasteiger partial charge is 0.381 e. The number of ether oxygens (including phenoxy) is 1. The Labute approximate surface area is 116 Å². The molecule has 0 N–H and O–H groups in total. The third kappa shape index (κ3) is 1.86. The summed E-state index contributed by atoms with van der Waals surface area (Å²) in [6.45, 7) is 0. The molecule has 1 aromatic carbocycles. The van der Waals surface area contributed by atoms with Crippen molar-refractivity contribution >= 4 is 0 Å². The highest BCUT2D eigenvalue weighted by Crippen LogP contribution is 2.61. The van der Waals surface area contributed by atoms with E-state index in [9.17, 15) is 0 Å². The molecule has 4 fully saturated rings. The molecule has 0 spiro atoms. The fraction of sp³-hybridized carbons (Fsp3) is 0.667. The molecule has 0 amide bonds. The van der Waals surface area contributed by atoms with Gasteiger partial charge in [0.1, 0.15) is 0 Å². The third-order valence-corrected chi connectivity index (χ3v) is 6.01. The van der Waals surface area contributed by atoms with Crippen molar-refractivity contribution in [2.45, 2.75) is 44.6 Å². The first kappa shape index (κ1) is 12.0. The van der Waals surface area contributed by atoms with Crippen LogP contribution in [0.2, 0.25) is 0 Å². The van der Waals surface area contributed by atoms with Crippen LogP contribution < -0.4 is 0 Å². The van der Waals surface area contributed by atoms with E-state index < -0.39 is 0 Å². The number of hydrogen-bond acceptors (Lipinski definition) is 1. The lowest BCUT2D eigenvalue weighted by Gasteiger charge is -2.60. The first-order valence-electron chi connectivity index (χ1n) is 7.86. The highest BCUT2D eigenvalue weighted by Gasteiger charge is 2.57. The molecule has 4 aliphatic rings. The quantitative estimate of drug-likeness (QED) is 0.792. The molecular weight excluding hydrogens is 232 g/mol. The summed E-state index contributed by atoms with van der Waals surface area (Å²) in [6, 6.07) is 11.1. The van der Waals surface area contributed by atoms with Crippen LogP contribution in [0.1, 0.15) is 37.7 Å². The predicted octanol–water partition coefficient (Wildman–Crippen LogP) is 4.07. The smallest absolute Gasteiger partial charge is 0.0659 e. The van der Waals surface area contributed by atoms with Gasteiger partial charge in [0.2, 0.25) is 0 Å². The predicted molar refractivity (Wildman–Crippen MR) is 76.9 cm³/mol. The summed E-state index contributed by atoms with van der Waals surface area (Å²) < 4.78 is 6.00. The fourth-order valence-corrected chi connectivity index (χ4v) is 5.85. The van der Waals surface area contributed by atoms with Gasteiger partial charge in [0.05, 0.1) is 6.10 Å². The van der Waals surface area contributed by atoms with E-state index in [0.717, 1.165) is 17.8 Å². The molecule has 4 aliphatic carbocycles. The highest BCUT2D eigenvalue weighted by molar-refractivity contribution is 5.20. The van der Waals surface area contributed by atoms with E-state index in [0.29, 0.717) is 11.5 Å². The van der Waals surface area contributed by atoms with Crippen molar-refractivity contribution in [2.75, 3.05) is 7.11 Å². The van der Waals surface area contributed by atoms with E-state index in [-0.39, 0.29) is 0 Å². The first-order valence-corrected chi connectivity index (χ1v) is 7.86. The van der Waals surface area contributed by atoms with E-state index in [1.165, 1.54) is 44.1 Å². The topological polar surface area (TPSA) is 9.23 Å². The van der Waals surface area contributed by atoms with E-state index >= 15 is 0 Å². The minimum atomic E-state index is 0.449. The van der Waals surface area contributed by atoms with Gasteiger partial charge in [-0.25, -0.2) is 0 Å². The van der Waals surface area contributed by atoms with Gasteiger partial charge in [-0.2, -0.15) is 0 Å². The maximum Gasteiger partial charge on any atom is 0.0659 e. The Bertz CT molecular complexity index is 438. The minimum Gasteiger partial charge on any atom is -0.381 e. The van der Waals surface area contributed by atoms with E-state index in [1.807, 2.05) is 7.11 Å². The van der Waals surface area contributed by atoms with Gasteiger partial charge in [-0.05, 0) is 61.8 Å². The number of benzene rings is 1. The molecule has 0 aliphatic heterocycles. The van der Waals surface area contributed by atoms with Crippen LogP contribution in [0, 0.1) is 23.2 Å². The summed E-state index contributed by atoms with van der Waals surface area (Å²) in [5.41, 5.74) is 1.96. The van der Waals surface area contributed by atoms with E-state index in [2.05, 4.69) is 30.3 Å². The highest BCUT2D eigenvalue weighted by atomic mass is 16.5. The van der Waals surface area contributed by atoms with Crippen LogP contribution >= 0.6 is 0 Å². The van der Waals surface area contributed by atoms with Crippen LogP contribution in [0.3, 0.4) is 0 Å². The Morgan fingerprint density at radius 1 is 1.05 bits per heavy atom. The summed E-state index contributed by atoms with van der Waals surface area (Å²) in [7, 11) is 1.94. The molecule has 4 saturated carbocycles. The van der Waals surface area contributed by atoms with Crippen LogP contribution in [0.4, 0.5) is 0 Å². The molecule has 4 bridgehead atoms. The number of hydrogen-bond donors (Lipinski definition) is 0. The molecule has 19 heavy (non-hydrogen) atoms. The van der Waals surface area contributed by atoms with Crippen LogP contribution in [-0.4, -0.2) is 13.2 Å². The van der Waals surface area contributed by atoms with Crippen molar-refractivity contribution in [3.63, 3.8) is 0 Å². The lowest BCUT2D eigenvalue weighted by molar-refractivity contribution is -0.168. The summed E-state index contributed by atoms with van der Waals surface area (Å²) >= 11 is 0. The standard InChI is InChI=1S/C18H24O/c1-19-17-16-8-14-7-15(9-16)12-18(17,11-14)10-13-5-3-2-4-6-13/h2-6,14-17H,7-12H2,1H3. The SMILES string of the molecule is COC1C2CC3CC(C2)CC1(Cc1ccccc1)C3. The van der Waals surface area contributed by atoms with Crippen molar-refractivity contribution in [1.82, 2.24) is 0 Å². The van der Waals surface area contributed by atoms with Crippen molar-refractivity contribution in [1.29, 1.82) is 0 Å². The second-order valence-electron chi connectivity index (χ2n) is 7.29. The Balaban J connectivity index is 1.67. The van der Waals surface area contributed by atoms with Crippen LogP contribution in [0.25, 0.3) is 0 Å². The van der Waals surface area contributed by atoms with Gasteiger partial charge >= 0.3 is 0 Å². The lowest BCUT2D eigenvalue weighted by atomic mass is 9.47. The Morgan fingerprint density at radius 2 is 1.74 bits per heavy atom. The zero-order valence-corrected chi connectivity index (χ0v) is 11.8. The number of methoxy groups -OCH3 is 1. The third-order valence-electron chi connectivity index (χ3n) is 6.01. The summed E-state index contributed by atoms with van der Waals surface area (Å²) in [5.74, 6) is 2.83. The second-order valence-corrected chi connectivity index (χ2v) is 7.29. The van der Waals surface area contributed by atoms with Crippen molar-refractivity contribution < 1.29 is 4.74 Å². The van der Waals surface area contributed by atoms with Gasteiger partial charge in [-0.15, -0.1) is 0 Å². The van der Waals surface area contributed by atoms with Crippen LogP contribution in [0.15, 0.2) is 30.3 Å². The molecule has 3 unspecified atom stereocenters. The van der Waals surface area contributed by atoms with Gasteiger partial charge in [0, 0.05) is 12.5 Å². The number of rotatable bonds is 3. The summed E-state index contributed by atoms with van der Waals surface area (Å²) in [4.78, 5) is 0. The fourth-order valence-electron chi connectivity index (χ4n) is 5.85. The average Bonchev–Trinajstić information content (AvgIpc) is 2.38. The van der Waals surface area contributed by atoms with Gasteiger partial charge in [0.25, 0.3) is 0 Å². The molecule has 0 radical (unpaired) electrons. The Morgan fingerprint density at radius 3 is 2.37 bits per heavy atom. The van der Waals surface area contributed by atoms with Gasteiger partial charge in [-0.3, -0.25) is 0 Å². The normalized spacial score (nSPS) is 43.6. The van der Waals surface area contributed by atoms with Crippen molar-refractivity contribution in [3.05, 3.63) is 35.9 Å². The molecule has 0 saturated heterocycles. The van der Waals surface area contributed by atoms with Gasteiger partial charge in [-0.1, -0.05) is 30.3 Å². The molecule has 0 aromatic heterocycles. The molecule has 3 atom stereocenters. The monoisotopic (exact) mass is 256 g/mol. The van der Waals surface area contributed by atoms with Crippen molar-refractivity contribution in [2.24, 2.45) is 23.2 Å². The molecule has 102 valence electrons. The minimum absolute atomic E-state index is 0.449. The van der Waals surface area contributed by atoms with E-state index in [4.69, 9.17) is 4.74 Å². The average molecular weight is 256 g/mol. The van der Waals surface area contributed by atoms with E-state index in [1.54, 1.807) is 0 Å². The molecular formula is C18H24O. The molecule has 1 nitrogen and oxygen atoms in total. The Kier molecular flexibility index (Phi) is 2.73. The van der Waals surface area contributed by atoms with Gasteiger partial charge < -0.3 is 4.74 Å². The van der Waals surface area contributed by atoms with Gasteiger partial charge in [0.15, 0.2) is 0 Å². The molecule has 5 rings (SSSR count). The zero-order chi connectivity index (χ0) is 12.9. The molecule has 1 heteroatoms. The summed E-state index contributed by atoms with van der Waals surface area (Å²) in [5, 5.41) is 0. The van der Waals surface area contributed by atoms with Crippen molar-refractivity contribution in [3.8, 4) is 0 Å².